The number of nitrogens with one attached hydrogen (secondary N) is 2. The summed E-state index contributed by atoms with van der Waals surface area (Å²) in [6.07, 6.45) is 0. The molecule has 0 heterocycles. The molecule has 1 amide bonds. The number of aliphatic carboxylic acids is 1. The van der Waals surface area contributed by atoms with E-state index in [0.717, 1.165) is 0 Å². The Kier molecular flexibility index (Phi) is 4.28. The highest BCUT2D eigenvalue weighted by Crippen LogP contribution is 1.85. The Morgan fingerprint density at radius 2 is 1.75 bits per heavy atom. The summed E-state index contributed by atoms with van der Waals surface area (Å²) in [5.41, 5.74) is 0. The summed E-state index contributed by atoms with van der Waals surface area (Å²) in [6, 6.07) is -1.21. The predicted molar refractivity (Wildman–Crippen MR) is 43.8 cm³/mol. The van der Waals surface area contributed by atoms with Crippen LogP contribution in [0.2, 0.25) is 0 Å². The monoisotopic (exact) mass is 174 g/mol. The third kappa shape index (κ3) is 3.34. The number of carboxylic acid groups (broad SMARTS) is 1. The highest BCUT2D eigenvalue weighted by Gasteiger charge is 2.16. The van der Waals surface area contributed by atoms with Crippen LogP contribution in [0, 0.1) is 0 Å². The number of carbonyl (C=O) groups is 2. The lowest BCUT2D eigenvalue weighted by atomic mass is 10.3. The van der Waals surface area contributed by atoms with Gasteiger partial charge < -0.3 is 15.7 Å². The first-order valence-corrected chi connectivity index (χ1v) is 3.69. The van der Waals surface area contributed by atoms with Gasteiger partial charge in [-0.05, 0) is 20.9 Å². The minimum absolute atomic E-state index is 0.313. The van der Waals surface area contributed by atoms with E-state index in [1.165, 1.54) is 6.92 Å². The second-order valence-electron chi connectivity index (χ2n) is 2.58. The fourth-order valence-corrected chi connectivity index (χ4v) is 0.531. The SMILES string of the molecule is CN[C@@H](C)C(=O)N[C@H](C)C(=O)O. The fraction of sp³-hybridized carbons (Fsp3) is 0.714. The molecular weight excluding hydrogens is 160 g/mol. The summed E-state index contributed by atoms with van der Waals surface area (Å²) in [5, 5.41) is 13.5. The van der Waals surface area contributed by atoms with Gasteiger partial charge in [-0.3, -0.25) is 9.59 Å². The molecule has 0 aliphatic heterocycles. The van der Waals surface area contributed by atoms with Crippen LogP contribution in [0.15, 0.2) is 0 Å². The molecule has 12 heavy (non-hydrogen) atoms. The second kappa shape index (κ2) is 4.71. The number of rotatable bonds is 4. The second-order valence-corrected chi connectivity index (χ2v) is 2.58. The van der Waals surface area contributed by atoms with E-state index in [4.69, 9.17) is 5.11 Å². The molecule has 0 bridgehead atoms. The van der Waals surface area contributed by atoms with Crippen LogP contribution in [-0.2, 0) is 9.59 Å². The van der Waals surface area contributed by atoms with Gasteiger partial charge in [0, 0.05) is 0 Å². The van der Waals surface area contributed by atoms with Gasteiger partial charge in [-0.1, -0.05) is 0 Å². The molecule has 0 aliphatic rings. The maximum Gasteiger partial charge on any atom is 0.325 e. The Morgan fingerprint density at radius 3 is 2.08 bits per heavy atom. The van der Waals surface area contributed by atoms with Gasteiger partial charge in [-0.25, -0.2) is 0 Å². The largest absolute Gasteiger partial charge is 0.480 e. The van der Waals surface area contributed by atoms with Gasteiger partial charge in [0.15, 0.2) is 0 Å². The normalized spacial score (nSPS) is 14.9. The number of likely N-dealkylation sites (N-methyl/N-ethyl adjacent to an activating group) is 1. The first-order valence-electron chi connectivity index (χ1n) is 3.69. The lowest BCUT2D eigenvalue weighted by Crippen LogP contribution is -2.46. The average molecular weight is 174 g/mol. The molecule has 5 nitrogen and oxygen atoms in total. The molecule has 2 atom stereocenters. The number of hydrogen-bond acceptors (Lipinski definition) is 3. The number of hydrogen-bond donors (Lipinski definition) is 3. The molecule has 5 heteroatoms. The highest BCUT2D eigenvalue weighted by atomic mass is 16.4. The van der Waals surface area contributed by atoms with Crippen molar-refractivity contribution in [2.45, 2.75) is 25.9 Å². The van der Waals surface area contributed by atoms with E-state index >= 15 is 0 Å². The zero-order chi connectivity index (χ0) is 9.72. The summed E-state index contributed by atoms with van der Waals surface area (Å²) in [4.78, 5) is 21.4. The first kappa shape index (κ1) is 10.9. The first-order chi connectivity index (χ1) is 5.49. The quantitative estimate of drug-likeness (QED) is 0.520. The minimum Gasteiger partial charge on any atom is -0.480 e. The maximum atomic E-state index is 11.1. The topological polar surface area (TPSA) is 78.4 Å². The number of carboxylic acids is 1. The zero-order valence-corrected chi connectivity index (χ0v) is 7.42. The maximum absolute atomic E-state index is 11.1. The molecule has 0 aromatic carbocycles. The van der Waals surface area contributed by atoms with Crippen LogP contribution in [0.4, 0.5) is 0 Å². The molecule has 0 aliphatic carbocycles. The van der Waals surface area contributed by atoms with Crippen molar-refractivity contribution in [3.63, 3.8) is 0 Å². The molecule has 0 fully saturated rings. The van der Waals surface area contributed by atoms with Crippen LogP contribution < -0.4 is 10.6 Å². The highest BCUT2D eigenvalue weighted by molar-refractivity contribution is 5.86. The van der Waals surface area contributed by atoms with Crippen LogP contribution >= 0.6 is 0 Å². The van der Waals surface area contributed by atoms with Crippen molar-refractivity contribution < 1.29 is 14.7 Å². The molecule has 0 unspecified atom stereocenters. The van der Waals surface area contributed by atoms with Crippen molar-refractivity contribution in [3.8, 4) is 0 Å². The van der Waals surface area contributed by atoms with Gasteiger partial charge in [-0.15, -0.1) is 0 Å². The average Bonchev–Trinajstić information content (AvgIpc) is 2.02. The Balaban J connectivity index is 3.92. The summed E-state index contributed by atoms with van der Waals surface area (Å²) < 4.78 is 0. The smallest absolute Gasteiger partial charge is 0.325 e. The predicted octanol–water partition coefficient (Wildman–Crippen LogP) is -0.816. The summed E-state index contributed by atoms with van der Waals surface area (Å²) in [6.45, 7) is 3.08. The minimum atomic E-state index is -1.04. The Labute approximate surface area is 71.1 Å². The Bertz CT molecular complexity index is 181. The van der Waals surface area contributed by atoms with Crippen LogP contribution in [0.3, 0.4) is 0 Å². The summed E-state index contributed by atoms with van der Waals surface area (Å²) in [7, 11) is 1.63. The van der Waals surface area contributed by atoms with Crippen molar-refractivity contribution in [3.05, 3.63) is 0 Å². The van der Waals surface area contributed by atoms with E-state index in [-0.39, 0.29) is 11.9 Å². The van der Waals surface area contributed by atoms with Crippen LogP contribution in [0.5, 0.6) is 0 Å². The Hall–Kier alpha value is -1.10. The zero-order valence-electron chi connectivity index (χ0n) is 7.42. The van der Waals surface area contributed by atoms with Crippen molar-refractivity contribution in [1.82, 2.24) is 10.6 Å². The molecule has 0 saturated heterocycles. The number of amides is 1. The van der Waals surface area contributed by atoms with E-state index in [1.54, 1.807) is 14.0 Å². The van der Waals surface area contributed by atoms with E-state index in [1.807, 2.05) is 0 Å². The van der Waals surface area contributed by atoms with Gasteiger partial charge in [-0.2, -0.15) is 0 Å². The van der Waals surface area contributed by atoms with E-state index in [9.17, 15) is 9.59 Å². The van der Waals surface area contributed by atoms with Gasteiger partial charge in [0.05, 0.1) is 6.04 Å². The molecule has 0 aromatic heterocycles. The molecular formula is C7H14N2O3. The number of carbonyl (C=O) groups excluding carboxylic acids is 1. The molecule has 70 valence electrons. The van der Waals surface area contributed by atoms with Gasteiger partial charge in [0.2, 0.25) is 5.91 Å². The van der Waals surface area contributed by atoms with Crippen LogP contribution in [-0.4, -0.2) is 36.1 Å². The molecule has 3 N–H and O–H groups in total. The summed E-state index contributed by atoms with van der Waals surface area (Å²) >= 11 is 0. The fourth-order valence-electron chi connectivity index (χ4n) is 0.531. The van der Waals surface area contributed by atoms with Crippen LogP contribution in [0.1, 0.15) is 13.8 Å². The lowest BCUT2D eigenvalue weighted by molar-refractivity contribution is -0.141. The summed E-state index contributed by atoms with van der Waals surface area (Å²) in [5.74, 6) is -1.35. The van der Waals surface area contributed by atoms with Crippen molar-refractivity contribution in [1.29, 1.82) is 0 Å². The molecule has 0 rings (SSSR count). The third-order valence-corrected chi connectivity index (χ3v) is 1.56. The molecule has 0 saturated carbocycles. The van der Waals surface area contributed by atoms with Crippen molar-refractivity contribution in [2.75, 3.05) is 7.05 Å². The molecule has 0 aromatic rings. The Morgan fingerprint density at radius 1 is 1.25 bits per heavy atom. The van der Waals surface area contributed by atoms with E-state index in [0.29, 0.717) is 0 Å². The van der Waals surface area contributed by atoms with Crippen LogP contribution in [0.25, 0.3) is 0 Å². The van der Waals surface area contributed by atoms with E-state index < -0.39 is 12.0 Å². The van der Waals surface area contributed by atoms with Crippen molar-refractivity contribution in [2.24, 2.45) is 0 Å². The lowest BCUT2D eigenvalue weighted by Gasteiger charge is -2.13. The van der Waals surface area contributed by atoms with Gasteiger partial charge in [0.1, 0.15) is 6.04 Å². The standard InChI is InChI=1S/C7H14N2O3/c1-4(8-3)6(10)9-5(2)7(11)12/h4-5,8H,1-3H3,(H,9,10)(H,11,12)/t4-,5+/m0/s1. The van der Waals surface area contributed by atoms with Gasteiger partial charge in [0.25, 0.3) is 0 Å². The molecule has 0 spiro atoms. The van der Waals surface area contributed by atoms with Gasteiger partial charge >= 0.3 is 5.97 Å². The van der Waals surface area contributed by atoms with E-state index in [2.05, 4.69) is 10.6 Å². The third-order valence-electron chi connectivity index (χ3n) is 1.56. The van der Waals surface area contributed by atoms with Crippen molar-refractivity contribution >= 4 is 11.9 Å². The molecule has 0 radical (unpaired) electrons.